The lowest BCUT2D eigenvalue weighted by molar-refractivity contribution is 0.306. The van der Waals surface area contributed by atoms with Crippen LogP contribution >= 0.6 is 0 Å². The Labute approximate surface area is 160 Å². The summed E-state index contributed by atoms with van der Waals surface area (Å²) in [6, 6.07) is 18.5. The number of hydrogen-bond acceptors (Lipinski definition) is 4. The van der Waals surface area contributed by atoms with Crippen LogP contribution in [0.15, 0.2) is 54.6 Å². The van der Waals surface area contributed by atoms with Crippen LogP contribution in [0.4, 0.5) is 0 Å². The molecule has 0 fully saturated rings. The molecule has 5 nitrogen and oxygen atoms in total. The quantitative estimate of drug-likeness (QED) is 0.588. The number of nitrogens with zero attached hydrogens (tertiary/aromatic N) is 2. The maximum Gasteiger partial charge on any atom is 0.216 e. The molecule has 3 aromatic rings. The number of aryl methyl sites for hydroxylation is 2. The van der Waals surface area contributed by atoms with Crippen LogP contribution < -0.4 is 14.8 Å². The molecule has 0 amide bonds. The molecule has 1 aromatic heterocycles. The first-order valence-corrected chi connectivity index (χ1v) is 9.20. The molecule has 0 spiro atoms. The molecule has 1 N–H and O–H groups in total. The van der Waals surface area contributed by atoms with Crippen molar-refractivity contribution < 1.29 is 9.47 Å². The summed E-state index contributed by atoms with van der Waals surface area (Å²) in [7, 11) is 3.58. The zero-order valence-corrected chi connectivity index (χ0v) is 16.2. The van der Waals surface area contributed by atoms with Gasteiger partial charge in [0.2, 0.25) is 5.88 Å². The number of benzene rings is 2. The molecule has 0 bridgehead atoms. The molecule has 142 valence electrons. The topological polar surface area (TPSA) is 48.3 Å². The molecule has 1 heterocycles. The van der Waals surface area contributed by atoms with Gasteiger partial charge in [0.25, 0.3) is 0 Å². The van der Waals surface area contributed by atoms with Crippen LogP contribution in [0.3, 0.4) is 0 Å². The van der Waals surface area contributed by atoms with Gasteiger partial charge < -0.3 is 14.8 Å². The van der Waals surface area contributed by atoms with Crippen LogP contribution in [-0.2, 0) is 26.6 Å². The van der Waals surface area contributed by atoms with E-state index in [1.807, 2.05) is 44.3 Å². The van der Waals surface area contributed by atoms with Crippen molar-refractivity contribution in [3.8, 4) is 11.6 Å². The van der Waals surface area contributed by atoms with Gasteiger partial charge in [-0.1, -0.05) is 42.5 Å². The van der Waals surface area contributed by atoms with E-state index in [0.29, 0.717) is 6.61 Å². The zero-order valence-electron chi connectivity index (χ0n) is 16.2. The van der Waals surface area contributed by atoms with Gasteiger partial charge in [-0.15, -0.1) is 0 Å². The zero-order chi connectivity index (χ0) is 19.1. The third-order valence-electron chi connectivity index (χ3n) is 4.55. The highest BCUT2D eigenvalue weighted by atomic mass is 16.5. The van der Waals surface area contributed by atoms with Gasteiger partial charge in [0.1, 0.15) is 12.4 Å². The highest BCUT2D eigenvalue weighted by Gasteiger charge is 2.12. The number of hydrogen-bond donors (Lipinski definition) is 1. The highest BCUT2D eigenvalue weighted by Crippen LogP contribution is 2.20. The van der Waals surface area contributed by atoms with Crippen molar-refractivity contribution in [2.45, 2.75) is 26.5 Å². The number of rotatable bonds is 9. The van der Waals surface area contributed by atoms with Crippen molar-refractivity contribution in [1.29, 1.82) is 0 Å². The lowest BCUT2D eigenvalue weighted by atomic mass is 10.1. The minimum absolute atomic E-state index is 0.591. The third kappa shape index (κ3) is 5.11. The van der Waals surface area contributed by atoms with Crippen LogP contribution in [0.1, 0.15) is 22.4 Å². The highest BCUT2D eigenvalue weighted by molar-refractivity contribution is 5.31. The molecular formula is C22H27N3O2. The Hall–Kier alpha value is -2.79. The first kappa shape index (κ1) is 19.0. The molecule has 0 aliphatic heterocycles. The molecule has 0 unspecified atom stereocenters. The molecule has 0 aliphatic carbocycles. The SMILES string of the molecule is COc1c(CNCCc2ccc(OCc3ccccc3)cc2)c(C)nn1C. The van der Waals surface area contributed by atoms with Crippen molar-refractivity contribution in [1.82, 2.24) is 15.1 Å². The van der Waals surface area contributed by atoms with Gasteiger partial charge in [-0.2, -0.15) is 5.10 Å². The van der Waals surface area contributed by atoms with Gasteiger partial charge in [-0.25, -0.2) is 4.68 Å². The standard InChI is InChI=1S/C22H27N3O2/c1-17-21(22(26-3)25(2)24-17)15-23-14-13-18-9-11-20(12-10-18)27-16-19-7-5-4-6-8-19/h4-12,23H,13-16H2,1-3H3. The van der Waals surface area contributed by atoms with Crippen LogP contribution in [0, 0.1) is 6.92 Å². The molecular weight excluding hydrogens is 338 g/mol. The number of nitrogens with one attached hydrogen (secondary N) is 1. The maximum absolute atomic E-state index is 5.83. The van der Waals surface area contributed by atoms with Gasteiger partial charge in [0, 0.05) is 13.6 Å². The monoisotopic (exact) mass is 365 g/mol. The van der Waals surface area contributed by atoms with Gasteiger partial charge in [0.05, 0.1) is 18.4 Å². The maximum atomic E-state index is 5.83. The first-order chi connectivity index (χ1) is 13.2. The van der Waals surface area contributed by atoms with Gasteiger partial charge >= 0.3 is 0 Å². The van der Waals surface area contributed by atoms with Crippen LogP contribution in [0.25, 0.3) is 0 Å². The van der Waals surface area contributed by atoms with E-state index >= 15 is 0 Å². The Morgan fingerprint density at radius 3 is 2.44 bits per heavy atom. The van der Waals surface area contributed by atoms with Crippen molar-refractivity contribution >= 4 is 0 Å². The Kier molecular flexibility index (Phi) is 6.49. The second-order valence-corrected chi connectivity index (χ2v) is 6.54. The summed E-state index contributed by atoms with van der Waals surface area (Å²) in [5.41, 5.74) is 4.57. The first-order valence-electron chi connectivity index (χ1n) is 9.20. The van der Waals surface area contributed by atoms with Crippen LogP contribution in [0.2, 0.25) is 0 Å². The molecule has 0 radical (unpaired) electrons. The molecule has 2 aromatic carbocycles. The fourth-order valence-electron chi connectivity index (χ4n) is 3.08. The number of methoxy groups -OCH3 is 1. The Balaban J connectivity index is 1.44. The smallest absolute Gasteiger partial charge is 0.216 e. The Morgan fingerprint density at radius 1 is 1.00 bits per heavy atom. The third-order valence-corrected chi connectivity index (χ3v) is 4.55. The fraction of sp³-hybridized carbons (Fsp3) is 0.318. The molecule has 27 heavy (non-hydrogen) atoms. The largest absolute Gasteiger partial charge is 0.489 e. The molecule has 0 aliphatic rings. The van der Waals surface area contributed by atoms with Crippen LogP contribution in [-0.4, -0.2) is 23.4 Å². The summed E-state index contributed by atoms with van der Waals surface area (Å²) in [5.74, 6) is 1.71. The van der Waals surface area contributed by atoms with E-state index in [-0.39, 0.29) is 0 Å². The second kappa shape index (κ2) is 9.24. The number of ether oxygens (including phenoxy) is 2. The summed E-state index contributed by atoms with van der Waals surface area (Å²) < 4.78 is 13.0. The summed E-state index contributed by atoms with van der Waals surface area (Å²) >= 11 is 0. The fourth-order valence-corrected chi connectivity index (χ4v) is 3.08. The minimum atomic E-state index is 0.591. The molecule has 3 rings (SSSR count). The van der Waals surface area contributed by atoms with E-state index in [1.54, 1.807) is 11.8 Å². The average Bonchev–Trinajstić information content (AvgIpc) is 2.97. The summed E-state index contributed by atoms with van der Waals surface area (Å²) in [4.78, 5) is 0. The Bertz CT molecular complexity index is 842. The number of aromatic nitrogens is 2. The summed E-state index contributed by atoms with van der Waals surface area (Å²) in [6.07, 6.45) is 0.959. The minimum Gasteiger partial charge on any atom is -0.489 e. The van der Waals surface area contributed by atoms with E-state index in [0.717, 1.165) is 42.4 Å². The van der Waals surface area contributed by atoms with Gasteiger partial charge in [0.15, 0.2) is 0 Å². The summed E-state index contributed by atoms with van der Waals surface area (Å²) in [5, 5.41) is 7.88. The van der Waals surface area contributed by atoms with Gasteiger partial charge in [-0.3, -0.25) is 0 Å². The predicted molar refractivity (Wildman–Crippen MR) is 107 cm³/mol. The van der Waals surface area contributed by atoms with E-state index in [1.165, 1.54) is 11.1 Å². The van der Waals surface area contributed by atoms with Crippen molar-refractivity contribution in [2.24, 2.45) is 7.05 Å². The van der Waals surface area contributed by atoms with Crippen molar-refractivity contribution in [3.05, 3.63) is 77.0 Å². The molecule has 0 atom stereocenters. The average molecular weight is 365 g/mol. The lowest BCUT2D eigenvalue weighted by Gasteiger charge is -2.09. The predicted octanol–water partition coefficient (Wildman–Crippen LogP) is 3.65. The van der Waals surface area contributed by atoms with Crippen molar-refractivity contribution in [3.63, 3.8) is 0 Å². The normalized spacial score (nSPS) is 10.8. The molecule has 0 saturated heterocycles. The van der Waals surface area contributed by atoms with E-state index < -0.39 is 0 Å². The van der Waals surface area contributed by atoms with E-state index in [4.69, 9.17) is 9.47 Å². The van der Waals surface area contributed by atoms with Gasteiger partial charge in [-0.05, 0) is 43.1 Å². The lowest BCUT2D eigenvalue weighted by Crippen LogP contribution is -2.17. The van der Waals surface area contributed by atoms with E-state index in [2.05, 4.69) is 34.7 Å². The Morgan fingerprint density at radius 2 is 1.74 bits per heavy atom. The van der Waals surface area contributed by atoms with E-state index in [9.17, 15) is 0 Å². The second-order valence-electron chi connectivity index (χ2n) is 6.54. The van der Waals surface area contributed by atoms with Crippen molar-refractivity contribution in [2.75, 3.05) is 13.7 Å². The van der Waals surface area contributed by atoms with Crippen LogP contribution in [0.5, 0.6) is 11.6 Å². The molecule has 0 saturated carbocycles. The molecule has 5 heteroatoms. The summed E-state index contributed by atoms with van der Waals surface area (Å²) in [6.45, 7) is 4.24.